The average molecular weight is 481 g/mol. The number of phenols is 1. The van der Waals surface area contributed by atoms with E-state index in [0.29, 0.717) is 11.3 Å². The van der Waals surface area contributed by atoms with Crippen molar-refractivity contribution in [2.75, 3.05) is 10.6 Å². The molecule has 0 aliphatic heterocycles. The Bertz CT molecular complexity index is 1150. The van der Waals surface area contributed by atoms with Crippen LogP contribution in [0.4, 0.5) is 11.4 Å². The molecule has 0 heterocycles. The van der Waals surface area contributed by atoms with Crippen LogP contribution in [0.1, 0.15) is 15.9 Å². The molecule has 0 radical (unpaired) electrons. The lowest BCUT2D eigenvalue weighted by molar-refractivity contribution is -0.136. The van der Waals surface area contributed by atoms with Crippen molar-refractivity contribution >= 4 is 51.2 Å². The lowest BCUT2D eigenvalue weighted by atomic mass is 10.1. The highest BCUT2D eigenvalue weighted by Crippen LogP contribution is 2.19. The normalized spacial score (nSPS) is 10.5. The van der Waals surface area contributed by atoms with Crippen LogP contribution in [0, 0.1) is 0 Å². The van der Waals surface area contributed by atoms with Gasteiger partial charge in [-0.3, -0.25) is 14.4 Å². The molecule has 9 heteroatoms. The van der Waals surface area contributed by atoms with Crippen molar-refractivity contribution in [2.24, 2.45) is 5.10 Å². The van der Waals surface area contributed by atoms with Crippen LogP contribution in [0.5, 0.6) is 5.75 Å². The summed E-state index contributed by atoms with van der Waals surface area (Å²) in [4.78, 5) is 36.8. The van der Waals surface area contributed by atoms with Gasteiger partial charge in [-0.15, -0.1) is 0 Å². The smallest absolute Gasteiger partial charge is 0.329 e. The van der Waals surface area contributed by atoms with E-state index in [-0.39, 0.29) is 17.0 Å². The van der Waals surface area contributed by atoms with E-state index < -0.39 is 17.7 Å². The number of carbonyl (C=O) groups is 3. The molecular formula is C22H17BrN4O4. The molecule has 156 valence electrons. The van der Waals surface area contributed by atoms with Gasteiger partial charge in [-0.05, 0) is 48.5 Å². The fourth-order valence-corrected chi connectivity index (χ4v) is 2.77. The summed E-state index contributed by atoms with van der Waals surface area (Å²) in [6, 6.07) is 19.7. The van der Waals surface area contributed by atoms with Gasteiger partial charge in [-0.1, -0.05) is 40.2 Å². The number of amides is 3. The number of rotatable bonds is 5. The zero-order chi connectivity index (χ0) is 22.2. The van der Waals surface area contributed by atoms with Gasteiger partial charge in [0.2, 0.25) is 0 Å². The van der Waals surface area contributed by atoms with Crippen molar-refractivity contribution in [3.8, 4) is 5.75 Å². The third-order valence-electron chi connectivity index (χ3n) is 4.03. The molecule has 3 amide bonds. The number of carbonyl (C=O) groups excluding carboxylic acids is 3. The van der Waals surface area contributed by atoms with Gasteiger partial charge in [0.25, 0.3) is 5.91 Å². The van der Waals surface area contributed by atoms with Crippen LogP contribution in [-0.4, -0.2) is 29.0 Å². The van der Waals surface area contributed by atoms with Crippen molar-refractivity contribution in [1.82, 2.24) is 5.43 Å². The molecule has 3 rings (SSSR count). The van der Waals surface area contributed by atoms with Crippen molar-refractivity contribution in [3.05, 3.63) is 88.4 Å². The maximum Gasteiger partial charge on any atom is 0.329 e. The molecular weight excluding hydrogens is 464 g/mol. The Morgan fingerprint density at radius 1 is 0.839 bits per heavy atom. The highest BCUT2D eigenvalue weighted by molar-refractivity contribution is 9.10. The number of aromatic hydroxyl groups is 1. The van der Waals surface area contributed by atoms with Crippen LogP contribution in [0.2, 0.25) is 0 Å². The van der Waals surface area contributed by atoms with Gasteiger partial charge in [0.15, 0.2) is 0 Å². The number of nitrogens with one attached hydrogen (secondary N) is 3. The minimum absolute atomic E-state index is 0.0179. The fourth-order valence-electron chi connectivity index (χ4n) is 2.51. The van der Waals surface area contributed by atoms with Gasteiger partial charge >= 0.3 is 11.8 Å². The fraction of sp³-hybridized carbons (Fsp3) is 0. The standard InChI is InChI=1S/C22H17BrN4O4/c23-15-9-11-16(12-10-15)25-20(29)17-6-2-3-7-18(17)26-21(30)22(31)27-24-13-14-5-1-4-8-19(14)28/h1-13,28H,(H,25,29)(H,26,30)(H,27,31)/b24-13+. The highest BCUT2D eigenvalue weighted by Gasteiger charge is 2.17. The first-order chi connectivity index (χ1) is 14.9. The van der Waals surface area contributed by atoms with Crippen LogP contribution < -0.4 is 16.1 Å². The van der Waals surface area contributed by atoms with Gasteiger partial charge in [-0.25, -0.2) is 5.43 Å². The van der Waals surface area contributed by atoms with Gasteiger partial charge in [0.1, 0.15) is 5.75 Å². The summed E-state index contributed by atoms with van der Waals surface area (Å²) in [5.74, 6) is -2.50. The summed E-state index contributed by atoms with van der Waals surface area (Å²) < 4.78 is 0.870. The largest absolute Gasteiger partial charge is 0.507 e. The molecule has 0 saturated heterocycles. The Morgan fingerprint density at radius 3 is 2.26 bits per heavy atom. The number of hydrazone groups is 1. The van der Waals surface area contributed by atoms with Crippen molar-refractivity contribution < 1.29 is 19.5 Å². The Morgan fingerprint density at radius 2 is 1.52 bits per heavy atom. The number of phenolic OH excluding ortho intramolecular Hbond substituents is 1. The number of para-hydroxylation sites is 2. The van der Waals surface area contributed by atoms with Gasteiger partial charge in [-0.2, -0.15) is 5.10 Å². The van der Waals surface area contributed by atoms with Crippen LogP contribution in [0.15, 0.2) is 82.4 Å². The zero-order valence-electron chi connectivity index (χ0n) is 16.0. The quantitative estimate of drug-likeness (QED) is 0.253. The molecule has 3 aromatic carbocycles. The van der Waals surface area contributed by atoms with E-state index in [2.05, 4.69) is 37.1 Å². The number of halogens is 1. The number of benzene rings is 3. The molecule has 4 N–H and O–H groups in total. The first-order valence-corrected chi connectivity index (χ1v) is 9.81. The lowest BCUT2D eigenvalue weighted by Gasteiger charge is -2.11. The van der Waals surface area contributed by atoms with Crippen LogP contribution in [-0.2, 0) is 9.59 Å². The van der Waals surface area contributed by atoms with E-state index >= 15 is 0 Å². The molecule has 0 fully saturated rings. The molecule has 8 nitrogen and oxygen atoms in total. The molecule has 0 spiro atoms. The summed E-state index contributed by atoms with van der Waals surface area (Å²) in [6.45, 7) is 0. The summed E-state index contributed by atoms with van der Waals surface area (Å²) in [6.07, 6.45) is 1.21. The van der Waals surface area contributed by atoms with Gasteiger partial charge < -0.3 is 15.7 Å². The molecule has 0 atom stereocenters. The maximum atomic E-state index is 12.6. The molecule has 0 saturated carbocycles. The second-order valence-electron chi connectivity index (χ2n) is 6.22. The lowest BCUT2D eigenvalue weighted by Crippen LogP contribution is -2.33. The van der Waals surface area contributed by atoms with Gasteiger partial charge in [0.05, 0.1) is 17.5 Å². The van der Waals surface area contributed by atoms with Crippen molar-refractivity contribution in [3.63, 3.8) is 0 Å². The first-order valence-electron chi connectivity index (χ1n) is 9.02. The molecule has 0 aliphatic rings. The molecule has 31 heavy (non-hydrogen) atoms. The van der Waals surface area contributed by atoms with Gasteiger partial charge in [0, 0.05) is 15.7 Å². The third-order valence-corrected chi connectivity index (χ3v) is 4.56. The van der Waals surface area contributed by atoms with E-state index in [0.717, 1.165) is 4.47 Å². The first kappa shape index (κ1) is 21.7. The van der Waals surface area contributed by atoms with Crippen LogP contribution >= 0.6 is 15.9 Å². The van der Waals surface area contributed by atoms with E-state index in [1.54, 1.807) is 54.6 Å². The number of nitrogens with zero attached hydrogens (tertiary/aromatic N) is 1. The minimum atomic E-state index is -1.03. The number of hydrogen-bond acceptors (Lipinski definition) is 5. The molecule has 3 aromatic rings. The highest BCUT2D eigenvalue weighted by atomic mass is 79.9. The predicted octanol–water partition coefficient (Wildman–Crippen LogP) is 3.50. The Kier molecular flexibility index (Phi) is 7.13. The number of hydrogen-bond donors (Lipinski definition) is 4. The number of anilines is 2. The molecule has 0 aliphatic carbocycles. The van der Waals surface area contributed by atoms with Crippen LogP contribution in [0.25, 0.3) is 0 Å². The molecule has 0 aromatic heterocycles. The Balaban J connectivity index is 1.64. The zero-order valence-corrected chi connectivity index (χ0v) is 17.6. The minimum Gasteiger partial charge on any atom is -0.507 e. The Hall–Kier alpha value is -3.98. The second-order valence-corrected chi connectivity index (χ2v) is 7.13. The average Bonchev–Trinajstić information content (AvgIpc) is 2.77. The van der Waals surface area contributed by atoms with E-state index in [9.17, 15) is 19.5 Å². The molecule has 0 unspecified atom stereocenters. The Labute approximate surface area is 186 Å². The predicted molar refractivity (Wildman–Crippen MR) is 121 cm³/mol. The third kappa shape index (κ3) is 6.00. The summed E-state index contributed by atoms with van der Waals surface area (Å²) in [5.41, 5.74) is 3.38. The van der Waals surface area contributed by atoms with Crippen molar-refractivity contribution in [1.29, 1.82) is 0 Å². The summed E-state index contributed by atoms with van der Waals surface area (Å²) in [5, 5.41) is 18.4. The van der Waals surface area contributed by atoms with E-state index in [4.69, 9.17) is 0 Å². The van der Waals surface area contributed by atoms with Crippen LogP contribution in [0.3, 0.4) is 0 Å². The maximum absolute atomic E-state index is 12.6. The second kappa shape index (κ2) is 10.2. The topological polar surface area (TPSA) is 120 Å². The summed E-state index contributed by atoms with van der Waals surface area (Å²) in [7, 11) is 0. The van der Waals surface area contributed by atoms with E-state index in [1.165, 1.54) is 24.4 Å². The van der Waals surface area contributed by atoms with Crippen molar-refractivity contribution in [2.45, 2.75) is 0 Å². The summed E-state index contributed by atoms with van der Waals surface area (Å²) >= 11 is 3.32. The van der Waals surface area contributed by atoms with E-state index in [1.807, 2.05) is 0 Å². The monoisotopic (exact) mass is 480 g/mol. The SMILES string of the molecule is O=C(N/N=C/c1ccccc1O)C(=O)Nc1ccccc1C(=O)Nc1ccc(Br)cc1. The molecule has 0 bridgehead atoms.